The average molecular weight is 507 g/mol. The van der Waals surface area contributed by atoms with Crippen LogP contribution in [0.4, 0.5) is 22.0 Å². The first kappa shape index (κ1) is 21.7. The fraction of sp³-hybridized carbons (Fsp3) is 0. The molecule has 0 N–H and O–H groups in total. The molecule has 0 amide bonds. The molecular weight excluding hydrogens is 493 g/mol. The molecule has 0 fully saturated rings. The average Bonchev–Trinajstić information content (AvgIpc) is 2.82. The van der Waals surface area contributed by atoms with Crippen molar-refractivity contribution in [3.8, 4) is 11.1 Å². The third-order valence-corrected chi connectivity index (χ3v) is 11.8. The fourth-order valence-corrected chi connectivity index (χ4v) is 9.24. The van der Waals surface area contributed by atoms with Gasteiger partial charge in [-0.3, -0.25) is 0 Å². The zero-order valence-corrected chi connectivity index (χ0v) is 18.4. The van der Waals surface area contributed by atoms with Crippen molar-refractivity contribution in [2.45, 2.75) is 0 Å². The molecule has 0 aromatic heterocycles. The second-order valence-corrected chi connectivity index (χ2v) is 12.9. The molecule has 156 valence electrons. The molecule has 7 heteroatoms. The molecule has 0 saturated carbocycles. The van der Waals surface area contributed by atoms with Gasteiger partial charge in [-0.25, -0.2) is 0 Å². The molecule has 0 aliphatic heterocycles. The molecule has 0 nitrogen and oxygen atoms in total. The second-order valence-electron chi connectivity index (χ2n) is 6.75. The van der Waals surface area contributed by atoms with Crippen LogP contribution >= 0.6 is 5.51 Å². The molecule has 0 aliphatic carbocycles. The summed E-state index contributed by atoms with van der Waals surface area (Å²) >= 11 is 2.88. The van der Waals surface area contributed by atoms with Crippen molar-refractivity contribution in [3.63, 3.8) is 0 Å². The predicted molar refractivity (Wildman–Crippen MR) is 116 cm³/mol. The van der Waals surface area contributed by atoms with Gasteiger partial charge in [-0.15, -0.1) is 0 Å². The number of halogens is 5. The Bertz CT molecular complexity index is 1280. The van der Waals surface area contributed by atoms with Crippen molar-refractivity contribution >= 4 is 36.5 Å². The Kier molecular flexibility index (Phi) is 5.98. The summed E-state index contributed by atoms with van der Waals surface area (Å²) in [7, 11) is 0. The monoisotopic (exact) mass is 508 g/mol. The molecule has 4 aromatic rings. The third kappa shape index (κ3) is 3.59. The van der Waals surface area contributed by atoms with E-state index in [0.29, 0.717) is 16.2 Å². The van der Waals surface area contributed by atoms with Gasteiger partial charge in [0, 0.05) is 0 Å². The fourth-order valence-electron chi connectivity index (χ4n) is 3.51. The van der Waals surface area contributed by atoms with Crippen LogP contribution in [0.3, 0.4) is 0 Å². The van der Waals surface area contributed by atoms with Crippen LogP contribution in [-0.2, 0) is 0 Å². The Morgan fingerprint density at radius 1 is 0.516 bits per heavy atom. The van der Waals surface area contributed by atoms with E-state index in [4.69, 9.17) is 0 Å². The molecule has 0 bridgehead atoms. The van der Waals surface area contributed by atoms with Gasteiger partial charge in [0.15, 0.2) is 0 Å². The van der Waals surface area contributed by atoms with E-state index in [2.05, 4.69) is 15.1 Å². The molecule has 1 unspecified atom stereocenters. The summed E-state index contributed by atoms with van der Waals surface area (Å²) in [5, 5.41) is 0.0793. The summed E-state index contributed by atoms with van der Waals surface area (Å²) in [5.41, 5.74) is -2.00. The van der Waals surface area contributed by atoms with E-state index >= 15 is 8.78 Å². The molecule has 0 spiro atoms. The van der Waals surface area contributed by atoms with Gasteiger partial charge in [0.05, 0.1) is 0 Å². The zero-order valence-electron chi connectivity index (χ0n) is 15.8. The van der Waals surface area contributed by atoms with Crippen LogP contribution in [0.15, 0.2) is 84.9 Å². The maximum atomic E-state index is 15.1. The molecule has 0 radical (unpaired) electrons. The first-order valence-electron chi connectivity index (χ1n) is 9.20. The molecule has 4 aromatic carbocycles. The summed E-state index contributed by atoms with van der Waals surface area (Å²) < 4.78 is 72.5. The second kappa shape index (κ2) is 8.55. The minimum atomic E-state index is -3.40. The standard InChI is InChI=1S/C24H14F5PSe/c25-19-20(26)22(28)24(23(29)21(19)27)30(31,16-11-5-2-6-12-16)18-14-8-7-13-17(18)15-9-3-1-4-10-15/h1-14H. The molecule has 0 heterocycles. The van der Waals surface area contributed by atoms with Crippen molar-refractivity contribution in [1.82, 2.24) is 0 Å². The molecular formula is C24H14F5PSe. The number of benzene rings is 4. The van der Waals surface area contributed by atoms with Crippen LogP contribution < -0.4 is 15.9 Å². The van der Waals surface area contributed by atoms with E-state index in [1.165, 1.54) is 0 Å². The summed E-state index contributed by atoms with van der Waals surface area (Å²) in [6.45, 7) is 0. The van der Waals surface area contributed by atoms with E-state index < -0.39 is 39.9 Å². The van der Waals surface area contributed by atoms with Crippen LogP contribution in [0, 0.1) is 29.1 Å². The Morgan fingerprint density at radius 3 is 1.55 bits per heavy atom. The van der Waals surface area contributed by atoms with E-state index in [1.807, 2.05) is 30.3 Å². The van der Waals surface area contributed by atoms with Crippen LogP contribution in [-0.4, -0.2) is 15.1 Å². The predicted octanol–water partition coefficient (Wildman–Crippen LogP) is 5.43. The van der Waals surface area contributed by atoms with E-state index in [1.54, 1.807) is 54.6 Å². The topological polar surface area (TPSA) is 0 Å². The summed E-state index contributed by atoms with van der Waals surface area (Å²) in [6, 6.07) is 24.3. The SMILES string of the molecule is Fc1c(F)c(F)c(P(=[Se])(c2ccccc2)c2ccccc2-c2ccccc2)c(F)c1F. The summed E-state index contributed by atoms with van der Waals surface area (Å²) in [4.78, 5) is 0. The Hall–Kier alpha value is -2.52. The van der Waals surface area contributed by atoms with Gasteiger partial charge in [-0.05, 0) is 0 Å². The van der Waals surface area contributed by atoms with Crippen molar-refractivity contribution in [2.75, 3.05) is 0 Å². The summed E-state index contributed by atoms with van der Waals surface area (Å²) in [5.74, 6) is -9.73. The van der Waals surface area contributed by atoms with Gasteiger partial charge >= 0.3 is 184 Å². The summed E-state index contributed by atoms with van der Waals surface area (Å²) in [6.07, 6.45) is 0. The van der Waals surface area contributed by atoms with Gasteiger partial charge in [0.2, 0.25) is 0 Å². The van der Waals surface area contributed by atoms with E-state index in [9.17, 15) is 13.2 Å². The van der Waals surface area contributed by atoms with Crippen molar-refractivity contribution in [1.29, 1.82) is 0 Å². The first-order chi connectivity index (χ1) is 14.9. The number of hydrogen-bond acceptors (Lipinski definition) is 0. The Morgan fingerprint density at radius 2 is 0.968 bits per heavy atom. The molecule has 0 aliphatic rings. The molecule has 4 rings (SSSR count). The van der Waals surface area contributed by atoms with Crippen molar-refractivity contribution in [2.24, 2.45) is 0 Å². The zero-order chi connectivity index (χ0) is 22.2. The quantitative estimate of drug-likeness (QED) is 0.114. The first-order valence-corrected chi connectivity index (χ1v) is 13.2. The van der Waals surface area contributed by atoms with Gasteiger partial charge in [0.1, 0.15) is 0 Å². The van der Waals surface area contributed by atoms with Crippen LogP contribution in [0.5, 0.6) is 0 Å². The maximum absolute atomic E-state index is 15.1. The van der Waals surface area contributed by atoms with Crippen LogP contribution in [0.1, 0.15) is 0 Å². The molecule has 0 saturated heterocycles. The number of rotatable bonds is 4. The number of hydrogen-bond donors (Lipinski definition) is 0. The Balaban J connectivity index is 2.16. The van der Waals surface area contributed by atoms with E-state index in [-0.39, 0.29) is 0 Å². The third-order valence-electron chi connectivity index (χ3n) is 4.95. The van der Waals surface area contributed by atoms with E-state index in [0.717, 1.165) is 5.56 Å². The normalized spacial score (nSPS) is 13.1. The van der Waals surface area contributed by atoms with Gasteiger partial charge in [-0.2, -0.15) is 0 Å². The van der Waals surface area contributed by atoms with Crippen LogP contribution in [0.25, 0.3) is 11.1 Å². The minimum absolute atomic E-state index is 0.446. The van der Waals surface area contributed by atoms with Gasteiger partial charge in [-0.1, -0.05) is 0 Å². The molecule has 31 heavy (non-hydrogen) atoms. The van der Waals surface area contributed by atoms with Gasteiger partial charge in [0.25, 0.3) is 0 Å². The molecule has 1 atom stereocenters. The Labute approximate surface area is 183 Å². The van der Waals surface area contributed by atoms with Crippen molar-refractivity contribution in [3.05, 3.63) is 114 Å². The van der Waals surface area contributed by atoms with Crippen LogP contribution in [0.2, 0.25) is 0 Å². The van der Waals surface area contributed by atoms with Crippen molar-refractivity contribution < 1.29 is 22.0 Å². The van der Waals surface area contributed by atoms with Gasteiger partial charge < -0.3 is 0 Å².